The van der Waals surface area contributed by atoms with Gasteiger partial charge < -0.3 is 16.0 Å². The van der Waals surface area contributed by atoms with Crippen LogP contribution in [0.5, 0.6) is 0 Å². The first-order valence-electron chi connectivity index (χ1n) is 15.0. The summed E-state index contributed by atoms with van der Waals surface area (Å²) < 4.78 is 0. The molecular weight excluding hydrogens is 454 g/mol. The van der Waals surface area contributed by atoms with Crippen molar-refractivity contribution in [1.29, 1.82) is 0 Å². The van der Waals surface area contributed by atoms with Gasteiger partial charge in [0.05, 0.1) is 0 Å². The molecule has 1 amide bonds. The lowest BCUT2D eigenvalue weighted by molar-refractivity contribution is -0.123. The lowest BCUT2D eigenvalue weighted by Gasteiger charge is -2.51. The third-order valence-corrected chi connectivity index (χ3v) is 9.70. The van der Waals surface area contributed by atoms with Gasteiger partial charge in [0, 0.05) is 24.2 Å². The minimum absolute atomic E-state index is 0.0689. The summed E-state index contributed by atoms with van der Waals surface area (Å²) >= 11 is 0. The molecule has 2 aromatic rings. The molecule has 5 rings (SSSR count). The molecule has 2 fully saturated rings. The molecule has 200 valence electrons. The first kappa shape index (κ1) is 26.3. The molecule has 2 heterocycles. The van der Waals surface area contributed by atoms with Crippen LogP contribution in [-0.4, -0.2) is 30.6 Å². The van der Waals surface area contributed by atoms with E-state index in [-0.39, 0.29) is 29.4 Å². The number of hydrogen-bond donors (Lipinski definition) is 3. The average Bonchev–Trinajstić information content (AvgIpc) is 3.40. The van der Waals surface area contributed by atoms with Gasteiger partial charge in [-0.15, -0.1) is 0 Å². The fourth-order valence-electron chi connectivity index (χ4n) is 7.58. The van der Waals surface area contributed by atoms with Crippen LogP contribution in [0.15, 0.2) is 48.5 Å². The van der Waals surface area contributed by atoms with Gasteiger partial charge in [-0.05, 0) is 73.6 Å². The zero-order valence-corrected chi connectivity index (χ0v) is 23.0. The fourth-order valence-corrected chi connectivity index (χ4v) is 7.58. The molecule has 4 atom stereocenters. The molecule has 4 unspecified atom stereocenters. The summed E-state index contributed by atoms with van der Waals surface area (Å²) in [5.41, 5.74) is 5.11. The molecule has 0 spiro atoms. The largest absolute Gasteiger partial charge is 0.373 e. The smallest absolute Gasteiger partial charge is 0.243 e. The fraction of sp³-hybridized carbons (Fsp3) is 0.606. The van der Waals surface area contributed by atoms with Crippen molar-refractivity contribution in [2.45, 2.75) is 109 Å². The van der Waals surface area contributed by atoms with Gasteiger partial charge >= 0.3 is 0 Å². The molecular formula is C33H47N3O. The second kappa shape index (κ2) is 12.0. The van der Waals surface area contributed by atoms with Gasteiger partial charge in [0.25, 0.3) is 0 Å². The predicted octanol–water partition coefficient (Wildman–Crippen LogP) is 6.57. The van der Waals surface area contributed by atoms with Gasteiger partial charge in [-0.25, -0.2) is 0 Å². The summed E-state index contributed by atoms with van der Waals surface area (Å²) in [6.45, 7) is 5.71. The summed E-state index contributed by atoms with van der Waals surface area (Å²) in [5, 5.41) is 11.1. The van der Waals surface area contributed by atoms with Crippen molar-refractivity contribution in [1.82, 2.24) is 10.6 Å². The minimum atomic E-state index is -0.200. The lowest BCUT2D eigenvalue weighted by atomic mass is 9.61. The van der Waals surface area contributed by atoms with Crippen LogP contribution in [0.25, 0.3) is 0 Å². The van der Waals surface area contributed by atoms with Crippen LogP contribution in [0.2, 0.25) is 0 Å². The molecule has 0 bridgehead atoms. The number of anilines is 1. The standard InChI is InChI=1S/C33H47N3O/c1-24-14-12-17-26-23-29(35-30(24)26)32(37)36-28(22-25-15-8-7-9-16-25)31-33(2,20-13-21-34-31)27-18-10-5-3-4-6-11-19-27/h7-9,12,14-17,27-29,31,34-35H,3-6,10-11,13,18-23H2,1-2H3,(H,36,37). The predicted molar refractivity (Wildman–Crippen MR) is 154 cm³/mol. The topological polar surface area (TPSA) is 53.2 Å². The minimum Gasteiger partial charge on any atom is -0.373 e. The number of rotatable bonds is 6. The van der Waals surface area contributed by atoms with Gasteiger partial charge in [-0.3, -0.25) is 4.79 Å². The monoisotopic (exact) mass is 501 g/mol. The Kier molecular flexibility index (Phi) is 8.54. The van der Waals surface area contributed by atoms with Crippen molar-refractivity contribution in [2.24, 2.45) is 11.3 Å². The molecule has 2 aromatic carbocycles. The van der Waals surface area contributed by atoms with E-state index in [2.05, 4.69) is 78.3 Å². The van der Waals surface area contributed by atoms with E-state index in [1.165, 1.54) is 80.9 Å². The van der Waals surface area contributed by atoms with E-state index in [0.717, 1.165) is 31.0 Å². The first-order valence-corrected chi connectivity index (χ1v) is 15.0. The van der Waals surface area contributed by atoms with Crippen LogP contribution in [0.3, 0.4) is 0 Å². The molecule has 0 aromatic heterocycles. The molecule has 1 aliphatic carbocycles. The van der Waals surface area contributed by atoms with E-state index in [1.54, 1.807) is 0 Å². The summed E-state index contributed by atoms with van der Waals surface area (Å²) in [4.78, 5) is 13.8. The number of para-hydroxylation sites is 1. The average molecular weight is 502 g/mol. The number of amides is 1. The van der Waals surface area contributed by atoms with E-state index < -0.39 is 0 Å². The van der Waals surface area contributed by atoms with E-state index in [1.807, 2.05) is 0 Å². The maximum absolute atomic E-state index is 13.8. The molecule has 4 nitrogen and oxygen atoms in total. The Hall–Kier alpha value is -2.33. The number of carbonyl (C=O) groups excluding carboxylic acids is 1. The highest BCUT2D eigenvalue weighted by molar-refractivity contribution is 5.88. The lowest BCUT2D eigenvalue weighted by Crippen LogP contribution is -2.63. The van der Waals surface area contributed by atoms with Crippen LogP contribution in [0.4, 0.5) is 5.69 Å². The van der Waals surface area contributed by atoms with Crippen LogP contribution in [0, 0.1) is 18.3 Å². The SMILES string of the molecule is Cc1cccc2c1NC(C(=O)NC(Cc1ccccc1)C1NCCCC1(C)C1CCCCCCCC1)C2. The molecule has 1 saturated carbocycles. The zero-order chi connectivity index (χ0) is 25.7. The molecule has 0 radical (unpaired) electrons. The Morgan fingerprint density at radius 2 is 1.70 bits per heavy atom. The van der Waals surface area contributed by atoms with E-state index in [9.17, 15) is 4.79 Å². The molecule has 3 aliphatic rings. The second-order valence-electron chi connectivity index (χ2n) is 12.3. The number of hydrogen-bond acceptors (Lipinski definition) is 3. The van der Waals surface area contributed by atoms with Gasteiger partial charge in [0.15, 0.2) is 0 Å². The Bertz CT molecular complexity index is 1030. The van der Waals surface area contributed by atoms with E-state index in [4.69, 9.17) is 0 Å². The Morgan fingerprint density at radius 3 is 2.43 bits per heavy atom. The van der Waals surface area contributed by atoms with Crippen LogP contribution < -0.4 is 16.0 Å². The Balaban J connectivity index is 1.39. The maximum Gasteiger partial charge on any atom is 0.243 e. The summed E-state index contributed by atoms with van der Waals surface area (Å²) in [6.07, 6.45) is 15.0. The second-order valence-corrected chi connectivity index (χ2v) is 12.3. The van der Waals surface area contributed by atoms with E-state index in [0.29, 0.717) is 0 Å². The van der Waals surface area contributed by atoms with Crippen molar-refractivity contribution in [2.75, 3.05) is 11.9 Å². The van der Waals surface area contributed by atoms with Gasteiger partial charge in [0.2, 0.25) is 5.91 Å². The van der Waals surface area contributed by atoms with Crippen molar-refractivity contribution >= 4 is 11.6 Å². The number of nitrogens with one attached hydrogen (secondary N) is 3. The summed E-state index contributed by atoms with van der Waals surface area (Å²) in [6, 6.07) is 17.3. The van der Waals surface area contributed by atoms with Crippen molar-refractivity contribution in [3.63, 3.8) is 0 Å². The number of piperidine rings is 1. The molecule has 2 aliphatic heterocycles. The Morgan fingerprint density at radius 1 is 0.973 bits per heavy atom. The van der Waals surface area contributed by atoms with E-state index >= 15 is 0 Å². The highest BCUT2D eigenvalue weighted by Gasteiger charge is 2.46. The van der Waals surface area contributed by atoms with Gasteiger partial charge in [0.1, 0.15) is 6.04 Å². The normalized spacial score (nSPS) is 27.7. The summed E-state index contributed by atoms with van der Waals surface area (Å²) in [7, 11) is 0. The number of aryl methyl sites for hydroxylation is 1. The highest BCUT2D eigenvalue weighted by atomic mass is 16.2. The third kappa shape index (κ3) is 6.06. The zero-order valence-electron chi connectivity index (χ0n) is 23.0. The van der Waals surface area contributed by atoms with Crippen LogP contribution in [-0.2, 0) is 17.6 Å². The molecule has 37 heavy (non-hydrogen) atoms. The highest BCUT2D eigenvalue weighted by Crippen LogP contribution is 2.45. The van der Waals surface area contributed by atoms with Gasteiger partial charge in [-0.2, -0.15) is 0 Å². The third-order valence-electron chi connectivity index (χ3n) is 9.70. The van der Waals surface area contributed by atoms with Crippen molar-refractivity contribution < 1.29 is 4.79 Å². The van der Waals surface area contributed by atoms with Crippen LogP contribution >= 0.6 is 0 Å². The molecule has 3 N–H and O–H groups in total. The molecule has 1 saturated heterocycles. The molecule has 4 heteroatoms. The van der Waals surface area contributed by atoms with Crippen molar-refractivity contribution in [3.8, 4) is 0 Å². The number of benzene rings is 2. The number of fused-ring (bicyclic) bond motifs is 1. The first-order chi connectivity index (χ1) is 18.0. The van der Waals surface area contributed by atoms with Crippen molar-refractivity contribution in [3.05, 3.63) is 65.2 Å². The van der Waals surface area contributed by atoms with Gasteiger partial charge in [-0.1, -0.05) is 94.0 Å². The quantitative estimate of drug-likeness (QED) is 0.420. The summed E-state index contributed by atoms with van der Waals surface area (Å²) in [5.74, 6) is 0.857. The van der Waals surface area contributed by atoms with Crippen LogP contribution in [0.1, 0.15) is 87.8 Å². The number of carbonyl (C=O) groups is 1. The Labute approximate surface area is 224 Å². The maximum atomic E-state index is 13.8.